The number of nitrogens with zero attached hydrogens (tertiary/aromatic N) is 2. The Morgan fingerprint density at radius 3 is 1.47 bits per heavy atom. The molecular formula is C27H56N2O2S. The van der Waals surface area contributed by atoms with Gasteiger partial charge in [-0.25, -0.2) is 0 Å². The molecule has 0 saturated carbocycles. The minimum absolute atomic E-state index is 0.866. The SMILES string of the molecule is CCCCCCCCCCCCCCCCCC[N+]1(CCC(C)C)CCSCC1.O=N[O-]. The van der Waals surface area contributed by atoms with E-state index >= 15 is 0 Å². The van der Waals surface area contributed by atoms with E-state index < -0.39 is 0 Å². The van der Waals surface area contributed by atoms with E-state index in [-0.39, 0.29) is 0 Å². The van der Waals surface area contributed by atoms with E-state index in [1.165, 1.54) is 151 Å². The van der Waals surface area contributed by atoms with Crippen molar-refractivity contribution in [2.75, 3.05) is 37.7 Å². The van der Waals surface area contributed by atoms with Gasteiger partial charge in [-0.3, -0.25) is 0 Å². The second-order valence-corrected chi connectivity index (χ2v) is 11.6. The van der Waals surface area contributed by atoms with Gasteiger partial charge in [0.05, 0.1) is 26.2 Å². The van der Waals surface area contributed by atoms with Crippen molar-refractivity contribution in [3.05, 3.63) is 10.1 Å². The molecule has 0 aliphatic carbocycles. The fourth-order valence-electron chi connectivity index (χ4n) is 4.82. The smallest absolute Gasteiger partial charge is 0.0878 e. The second kappa shape index (κ2) is 23.9. The predicted octanol–water partition coefficient (Wildman–Crippen LogP) is 9.11. The van der Waals surface area contributed by atoms with Crippen molar-refractivity contribution in [2.45, 2.75) is 130 Å². The topological polar surface area (TPSA) is 52.5 Å². The van der Waals surface area contributed by atoms with Crippen LogP contribution in [0.2, 0.25) is 0 Å². The Kier molecular flexibility index (Phi) is 23.6. The summed E-state index contributed by atoms with van der Waals surface area (Å²) >= 11 is 2.18. The van der Waals surface area contributed by atoms with E-state index in [1.807, 2.05) is 0 Å². The molecule has 0 aromatic rings. The molecule has 0 spiro atoms. The standard InChI is InChI=1S/C27H56NS.HNO2/c1-4-5-6-7-8-9-10-11-12-13-14-15-16-17-18-19-21-28(22-20-27(2)3)23-25-29-26-24-28;2-1-3/h27H,4-26H2,1-3H3;(H,2,3)/q+1;/p-1. The molecular weight excluding hydrogens is 416 g/mol. The first-order valence-corrected chi connectivity index (χ1v) is 15.1. The van der Waals surface area contributed by atoms with Crippen molar-refractivity contribution in [2.24, 2.45) is 11.3 Å². The lowest BCUT2D eigenvalue weighted by Gasteiger charge is -2.42. The van der Waals surface area contributed by atoms with Crippen molar-refractivity contribution in [3.8, 4) is 0 Å². The Labute approximate surface area is 205 Å². The van der Waals surface area contributed by atoms with Gasteiger partial charge >= 0.3 is 0 Å². The quantitative estimate of drug-likeness (QED) is 0.0768. The first-order valence-electron chi connectivity index (χ1n) is 14.0. The van der Waals surface area contributed by atoms with E-state index in [1.54, 1.807) is 0 Å². The lowest BCUT2D eigenvalue weighted by atomic mass is 10.0. The molecule has 0 N–H and O–H groups in total. The number of hydrogen-bond donors (Lipinski definition) is 0. The number of hydrogen-bond acceptors (Lipinski definition) is 4. The van der Waals surface area contributed by atoms with Crippen molar-refractivity contribution in [1.82, 2.24) is 0 Å². The molecule has 192 valence electrons. The zero-order valence-corrected chi connectivity index (χ0v) is 22.8. The zero-order valence-electron chi connectivity index (χ0n) is 22.0. The molecule has 1 aliphatic rings. The average molecular weight is 473 g/mol. The van der Waals surface area contributed by atoms with Crippen LogP contribution in [-0.4, -0.2) is 42.2 Å². The monoisotopic (exact) mass is 472 g/mol. The van der Waals surface area contributed by atoms with Gasteiger partial charge in [-0.05, 0) is 25.2 Å². The lowest BCUT2D eigenvalue weighted by Crippen LogP contribution is -2.54. The van der Waals surface area contributed by atoms with Gasteiger partial charge in [-0.1, -0.05) is 111 Å². The third-order valence-corrected chi connectivity index (χ3v) is 8.03. The highest BCUT2D eigenvalue weighted by Crippen LogP contribution is 2.22. The van der Waals surface area contributed by atoms with Crippen LogP contribution in [0.5, 0.6) is 0 Å². The van der Waals surface area contributed by atoms with Crippen molar-refractivity contribution in [3.63, 3.8) is 0 Å². The van der Waals surface area contributed by atoms with Crippen LogP contribution in [0.15, 0.2) is 5.34 Å². The third kappa shape index (κ3) is 20.3. The van der Waals surface area contributed by atoms with Crippen molar-refractivity contribution >= 4 is 11.8 Å². The second-order valence-electron chi connectivity index (χ2n) is 10.4. The van der Waals surface area contributed by atoms with Crippen LogP contribution in [-0.2, 0) is 0 Å². The molecule has 0 bridgehead atoms. The van der Waals surface area contributed by atoms with Gasteiger partial charge in [-0.15, -0.1) is 5.34 Å². The zero-order chi connectivity index (χ0) is 23.8. The highest BCUT2D eigenvalue weighted by molar-refractivity contribution is 7.99. The minimum Gasteiger partial charge on any atom is -0.444 e. The Morgan fingerprint density at radius 2 is 1.09 bits per heavy atom. The summed E-state index contributed by atoms with van der Waals surface area (Å²) in [6.07, 6.45) is 25.0. The van der Waals surface area contributed by atoms with Gasteiger partial charge in [0.15, 0.2) is 0 Å². The summed E-state index contributed by atoms with van der Waals surface area (Å²) in [6, 6.07) is 0. The summed E-state index contributed by atoms with van der Waals surface area (Å²) < 4.78 is 1.45. The molecule has 0 radical (unpaired) electrons. The summed E-state index contributed by atoms with van der Waals surface area (Å²) in [4.78, 5) is 8.00. The largest absolute Gasteiger partial charge is 0.444 e. The number of unbranched alkanes of at least 4 members (excludes halogenated alkanes) is 15. The molecule has 1 aliphatic heterocycles. The Morgan fingerprint density at radius 1 is 0.719 bits per heavy atom. The molecule has 1 saturated heterocycles. The third-order valence-electron chi connectivity index (χ3n) is 7.09. The van der Waals surface area contributed by atoms with Crippen LogP contribution in [0.3, 0.4) is 0 Å². The fourth-order valence-corrected chi connectivity index (χ4v) is 6.05. The molecule has 0 aromatic carbocycles. The first-order chi connectivity index (χ1) is 15.6. The van der Waals surface area contributed by atoms with Gasteiger partial charge in [-0.2, -0.15) is 11.8 Å². The minimum atomic E-state index is 0.866. The summed E-state index contributed by atoms with van der Waals surface area (Å²) in [5, 5.41) is 9.00. The first kappa shape index (κ1) is 31.7. The molecule has 0 atom stereocenters. The molecule has 1 rings (SSSR count). The van der Waals surface area contributed by atoms with E-state index in [2.05, 4.69) is 32.5 Å². The van der Waals surface area contributed by atoms with E-state index in [4.69, 9.17) is 10.1 Å². The summed E-state index contributed by atoms with van der Waals surface area (Å²) in [6.45, 7) is 12.9. The molecule has 0 amide bonds. The van der Waals surface area contributed by atoms with Gasteiger partial charge < -0.3 is 14.6 Å². The molecule has 0 aromatic heterocycles. The molecule has 0 unspecified atom stereocenters. The van der Waals surface area contributed by atoms with Crippen molar-refractivity contribution < 1.29 is 4.48 Å². The van der Waals surface area contributed by atoms with Gasteiger partial charge in [0, 0.05) is 11.5 Å². The number of rotatable bonds is 20. The van der Waals surface area contributed by atoms with Gasteiger partial charge in [0.1, 0.15) is 0 Å². The highest BCUT2D eigenvalue weighted by Gasteiger charge is 2.29. The molecule has 1 fully saturated rings. The molecule has 32 heavy (non-hydrogen) atoms. The van der Waals surface area contributed by atoms with Crippen LogP contribution < -0.4 is 0 Å². The maximum absolute atomic E-state index is 8.00. The molecule has 5 heteroatoms. The number of quaternary nitrogens is 1. The fraction of sp³-hybridized carbons (Fsp3) is 1.00. The maximum atomic E-state index is 8.00. The van der Waals surface area contributed by atoms with E-state index in [0.29, 0.717) is 0 Å². The predicted molar refractivity (Wildman–Crippen MR) is 145 cm³/mol. The molecule has 1 heterocycles. The molecule has 4 nitrogen and oxygen atoms in total. The van der Waals surface area contributed by atoms with E-state index in [9.17, 15) is 0 Å². The van der Waals surface area contributed by atoms with Crippen LogP contribution >= 0.6 is 11.8 Å². The average Bonchev–Trinajstić information content (AvgIpc) is 2.79. The van der Waals surface area contributed by atoms with Gasteiger partial charge in [0.25, 0.3) is 0 Å². The van der Waals surface area contributed by atoms with Crippen LogP contribution in [0.25, 0.3) is 0 Å². The van der Waals surface area contributed by atoms with Gasteiger partial charge in [0.2, 0.25) is 0 Å². The summed E-state index contributed by atoms with van der Waals surface area (Å²) in [5.74, 6) is 3.67. The highest BCUT2D eigenvalue weighted by atomic mass is 32.2. The van der Waals surface area contributed by atoms with Crippen LogP contribution in [0.4, 0.5) is 0 Å². The van der Waals surface area contributed by atoms with Crippen LogP contribution in [0, 0.1) is 16.0 Å². The van der Waals surface area contributed by atoms with Crippen molar-refractivity contribution in [1.29, 1.82) is 0 Å². The van der Waals surface area contributed by atoms with E-state index in [0.717, 1.165) is 11.3 Å². The number of thioether (sulfide) groups is 1. The normalized spacial score (nSPS) is 15.4. The summed E-state index contributed by atoms with van der Waals surface area (Å²) in [5.41, 5.74) is 0. The Balaban J connectivity index is 0.00000302. The Hall–Kier alpha value is -0.290. The lowest BCUT2D eigenvalue weighted by molar-refractivity contribution is -0.925. The summed E-state index contributed by atoms with van der Waals surface area (Å²) in [7, 11) is 0. The maximum Gasteiger partial charge on any atom is 0.0878 e. The Bertz CT molecular complexity index is 388. The van der Waals surface area contributed by atoms with Crippen LogP contribution in [0.1, 0.15) is 130 Å².